The predicted octanol–water partition coefficient (Wildman–Crippen LogP) is 1.10. The van der Waals surface area contributed by atoms with Crippen LogP contribution in [0.4, 0.5) is 0 Å². The first-order chi connectivity index (χ1) is 6.18. The van der Waals surface area contributed by atoms with Crippen molar-refractivity contribution in [3.63, 3.8) is 0 Å². The van der Waals surface area contributed by atoms with Crippen LogP contribution in [-0.4, -0.2) is 23.3 Å². The smallest absolute Gasteiger partial charge is 0.312 e. The van der Waals surface area contributed by atoms with Crippen LogP contribution in [0.5, 0.6) is 0 Å². The third-order valence-corrected chi connectivity index (χ3v) is 3.22. The van der Waals surface area contributed by atoms with E-state index in [4.69, 9.17) is 4.74 Å². The number of fused-ring (bicyclic) bond motifs is 1. The molecule has 13 heavy (non-hydrogen) atoms. The zero-order valence-corrected chi connectivity index (χ0v) is 7.90. The number of hydrogen-bond donors (Lipinski definition) is 1. The van der Waals surface area contributed by atoms with Gasteiger partial charge in [0.2, 0.25) is 0 Å². The summed E-state index contributed by atoms with van der Waals surface area (Å²) in [4.78, 5) is 11.5. The molecule has 1 saturated carbocycles. The second kappa shape index (κ2) is 3.29. The summed E-state index contributed by atoms with van der Waals surface area (Å²) in [5.41, 5.74) is 0. The molecular weight excluding hydrogens is 168 g/mol. The Morgan fingerprint density at radius 2 is 2.23 bits per heavy atom. The summed E-state index contributed by atoms with van der Waals surface area (Å²) in [7, 11) is 0. The molecule has 0 aromatic heterocycles. The molecule has 0 radical (unpaired) electrons. The Morgan fingerprint density at radius 3 is 3.00 bits per heavy atom. The molecule has 2 rings (SSSR count). The van der Waals surface area contributed by atoms with Gasteiger partial charge in [0, 0.05) is 0 Å². The average Bonchev–Trinajstić information content (AvgIpc) is 2.02. The van der Waals surface area contributed by atoms with Gasteiger partial charge in [-0.25, -0.2) is 0 Å². The Bertz CT molecular complexity index is 214. The lowest BCUT2D eigenvalue weighted by Crippen LogP contribution is -2.45. The van der Waals surface area contributed by atoms with Gasteiger partial charge in [-0.1, -0.05) is 6.42 Å². The van der Waals surface area contributed by atoms with Crippen molar-refractivity contribution in [1.82, 2.24) is 0 Å². The van der Waals surface area contributed by atoms with Crippen molar-refractivity contribution in [2.24, 2.45) is 11.8 Å². The van der Waals surface area contributed by atoms with Crippen molar-refractivity contribution in [2.75, 3.05) is 0 Å². The summed E-state index contributed by atoms with van der Waals surface area (Å²) < 4.78 is 5.13. The maximum atomic E-state index is 11.5. The first-order valence-corrected chi connectivity index (χ1v) is 5.07. The summed E-state index contributed by atoms with van der Waals surface area (Å²) >= 11 is 0. The van der Waals surface area contributed by atoms with Crippen LogP contribution in [0.1, 0.15) is 32.6 Å². The van der Waals surface area contributed by atoms with Crippen LogP contribution >= 0.6 is 0 Å². The van der Waals surface area contributed by atoms with E-state index in [-0.39, 0.29) is 18.0 Å². The van der Waals surface area contributed by atoms with Gasteiger partial charge in [0.1, 0.15) is 0 Å². The molecule has 0 spiro atoms. The van der Waals surface area contributed by atoms with Crippen molar-refractivity contribution < 1.29 is 14.6 Å². The minimum absolute atomic E-state index is 0.0408. The fourth-order valence-electron chi connectivity index (χ4n) is 2.63. The van der Waals surface area contributed by atoms with Gasteiger partial charge in [0.05, 0.1) is 18.1 Å². The molecule has 3 nitrogen and oxygen atoms in total. The lowest BCUT2D eigenvalue weighted by atomic mass is 9.73. The van der Waals surface area contributed by atoms with Crippen LogP contribution in [0.3, 0.4) is 0 Å². The van der Waals surface area contributed by atoms with E-state index in [1.165, 1.54) is 0 Å². The molecule has 1 saturated heterocycles. The van der Waals surface area contributed by atoms with E-state index >= 15 is 0 Å². The van der Waals surface area contributed by atoms with E-state index in [1.54, 1.807) is 0 Å². The molecule has 3 heteroatoms. The van der Waals surface area contributed by atoms with E-state index in [1.807, 2.05) is 6.92 Å². The molecule has 2 fully saturated rings. The van der Waals surface area contributed by atoms with Gasteiger partial charge < -0.3 is 9.84 Å². The number of carbonyl (C=O) groups excluding carboxylic acids is 1. The Morgan fingerprint density at radius 1 is 1.46 bits per heavy atom. The largest absolute Gasteiger partial charge is 0.462 e. The number of carbonyl (C=O) groups is 1. The van der Waals surface area contributed by atoms with Crippen molar-refractivity contribution in [1.29, 1.82) is 0 Å². The second-order valence-corrected chi connectivity index (χ2v) is 4.27. The van der Waals surface area contributed by atoms with Crippen molar-refractivity contribution in [2.45, 2.75) is 44.8 Å². The minimum Gasteiger partial charge on any atom is -0.462 e. The highest BCUT2D eigenvalue weighted by molar-refractivity contribution is 5.74. The van der Waals surface area contributed by atoms with Gasteiger partial charge in [0.15, 0.2) is 0 Å². The van der Waals surface area contributed by atoms with Gasteiger partial charge >= 0.3 is 5.97 Å². The van der Waals surface area contributed by atoms with Crippen LogP contribution in [0, 0.1) is 11.8 Å². The first kappa shape index (κ1) is 9.00. The topological polar surface area (TPSA) is 46.5 Å². The maximum absolute atomic E-state index is 11.5. The number of esters is 1. The zero-order chi connectivity index (χ0) is 9.42. The summed E-state index contributed by atoms with van der Waals surface area (Å²) in [5.74, 6) is -0.0547. The van der Waals surface area contributed by atoms with E-state index in [9.17, 15) is 9.90 Å². The number of rotatable bonds is 0. The number of aliphatic hydroxyl groups excluding tert-OH is 1. The van der Waals surface area contributed by atoms with Crippen LogP contribution < -0.4 is 0 Å². The van der Waals surface area contributed by atoms with Gasteiger partial charge in [-0.05, 0) is 32.1 Å². The molecule has 0 aromatic rings. The number of cyclic esters (lactones) is 1. The molecule has 1 aliphatic carbocycles. The summed E-state index contributed by atoms with van der Waals surface area (Å²) in [5, 5.41) is 9.66. The highest BCUT2D eigenvalue weighted by Gasteiger charge is 2.43. The predicted molar refractivity (Wildman–Crippen MR) is 47.0 cm³/mol. The van der Waals surface area contributed by atoms with Crippen LogP contribution in [-0.2, 0) is 9.53 Å². The summed E-state index contributed by atoms with van der Waals surface area (Å²) in [6.45, 7) is 1.93. The zero-order valence-electron chi connectivity index (χ0n) is 7.90. The Balaban J connectivity index is 2.13. The molecule has 1 heterocycles. The molecule has 74 valence electrons. The third-order valence-electron chi connectivity index (χ3n) is 3.22. The summed E-state index contributed by atoms with van der Waals surface area (Å²) in [6, 6.07) is 0. The Hall–Kier alpha value is -0.570. The monoisotopic (exact) mass is 184 g/mol. The molecule has 4 atom stereocenters. The fourth-order valence-corrected chi connectivity index (χ4v) is 2.63. The van der Waals surface area contributed by atoms with Gasteiger partial charge in [-0.3, -0.25) is 4.79 Å². The summed E-state index contributed by atoms with van der Waals surface area (Å²) in [6.07, 6.45) is 3.37. The van der Waals surface area contributed by atoms with E-state index < -0.39 is 6.10 Å². The standard InChI is InChI=1S/C10H16O3/c1-6-5-7-3-2-4-8(11)9(7)10(12)13-6/h6-9,11H,2-5H2,1H3. The second-order valence-electron chi connectivity index (χ2n) is 4.27. The maximum Gasteiger partial charge on any atom is 0.312 e. The normalized spacial score (nSPS) is 45.2. The van der Waals surface area contributed by atoms with Gasteiger partial charge in [0.25, 0.3) is 0 Å². The molecule has 0 amide bonds. The minimum atomic E-state index is -0.459. The van der Waals surface area contributed by atoms with Gasteiger partial charge in [-0.2, -0.15) is 0 Å². The number of hydrogen-bond acceptors (Lipinski definition) is 3. The third kappa shape index (κ3) is 1.57. The van der Waals surface area contributed by atoms with Crippen LogP contribution in [0.2, 0.25) is 0 Å². The number of ether oxygens (including phenoxy) is 1. The van der Waals surface area contributed by atoms with Crippen molar-refractivity contribution in [3.05, 3.63) is 0 Å². The molecule has 0 aromatic carbocycles. The molecule has 1 N–H and O–H groups in total. The average molecular weight is 184 g/mol. The first-order valence-electron chi connectivity index (χ1n) is 5.07. The lowest BCUT2D eigenvalue weighted by molar-refractivity contribution is -0.173. The highest BCUT2D eigenvalue weighted by Crippen LogP contribution is 2.38. The van der Waals surface area contributed by atoms with E-state index in [0.29, 0.717) is 5.92 Å². The molecule has 4 unspecified atom stereocenters. The molecular formula is C10H16O3. The lowest BCUT2D eigenvalue weighted by Gasteiger charge is -2.39. The molecule has 0 bridgehead atoms. The Kier molecular flexibility index (Phi) is 2.28. The fraction of sp³-hybridized carbons (Fsp3) is 0.900. The molecule has 2 aliphatic rings. The Labute approximate surface area is 78.1 Å². The van der Waals surface area contributed by atoms with E-state index in [2.05, 4.69) is 0 Å². The quantitative estimate of drug-likeness (QED) is 0.573. The number of aliphatic hydroxyl groups is 1. The van der Waals surface area contributed by atoms with Crippen molar-refractivity contribution >= 4 is 5.97 Å². The van der Waals surface area contributed by atoms with Gasteiger partial charge in [-0.15, -0.1) is 0 Å². The van der Waals surface area contributed by atoms with Crippen LogP contribution in [0.15, 0.2) is 0 Å². The van der Waals surface area contributed by atoms with Crippen LogP contribution in [0.25, 0.3) is 0 Å². The highest BCUT2D eigenvalue weighted by atomic mass is 16.5. The van der Waals surface area contributed by atoms with E-state index in [0.717, 1.165) is 25.7 Å². The molecule has 1 aliphatic heterocycles. The van der Waals surface area contributed by atoms with Crippen molar-refractivity contribution in [3.8, 4) is 0 Å². The SMILES string of the molecule is CC1CC2CCCC(O)C2C(=O)O1.